The Morgan fingerprint density at radius 2 is 2.30 bits per heavy atom. The van der Waals surface area contributed by atoms with Crippen molar-refractivity contribution >= 4 is 0 Å². The van der Waals surface area contributed by atoms with Crippen LogP contribution in [0.5, 0.6) is 0 Å². The molecule has 0 aliphatic rings. The summed E-state index contributed by atoms with van der Waals surface area (Å²) in [5.41, 5.74) is 1.13. The van der Waals surface area contributed by atoms with Crippen molar-refractivity contribution in [1.29, 1.82) is 0 Å². The molecule has 0 amide bonds. The lowest BCUT2D eigenvalue weighted by Gasteiger charge is -1.92. The van der Waals surface area contributed by atoms with Gasteiger partial charge in [0.25, 0.3) is 0 Å². The third-order valence-corrected chi connectivity index (χ3v) is 1.27. The number of aryl methyl sites for hydroxylation is 1. The van der Waals surface area contributed by atoms with Crippen LogP contribution in [0.15, 0.2) is 28.7 Å². The predicted molar refractivity (Wildman–Crippen MR) is 42.0 cm³/mol. The zero-order chi connectivity index (χ0) is 7.56. The first-order chi connectivity index (χ1) is 4.68. The van der Waals surface area contributed by atoms with Crippen molar-refractivity contribution in [2.75, 3.05) is 0 Å². The topological polar surface area (TPSA) is 13.1 Å². The molecule has 0 bridgehead atoms. The van der Waals surface area contributed by atoms with Gasteiger partial charge in [0.2, 0.25) is 0 Å². The fraction of sp³-hybridized carbons (Fsp3) is 0.333. The van der Waals surface area contributed by atoms with E-state index in [0.717, 1.165) is 23.5 Å². The summed E-state index contributed by atoms with van der Waals surface area (Å²) in [5.74, 6) is 1.97. The van der Waals surface area contributed by atoms with Crippen LogP contribution in [-0.2, 0) is 6.42 Å². The predicted octanol–water partition coefficient (Wildman–Crippen LogP) is 2.71. The van der Waals surface area contributed by atoms with E-state index < -0.39 is 0 Å². The van der Waals surface area contributed by atoms with E-state index in [4.69, 9.17) is 4.42 Å². The summed E-state index contributed by atoms with van der Waals surface area (Å²) < 4.78 is 5.33. The number of hydrogen-bond acceptors (Lipinski definition) is 1. The summed E-state index contributed by atoms with van der Waals surface area (Å²) in [6.45, 7) is 7.74. The number of rotatable bonds is 2. The van der Waals surface area contributed by atoms with Gasteiger partial charge in [0.1, 0.15) is 11.5 Å². The highest BCUT2D eigenvalue weighted by Crippen LogP contribution is 2.09. The van der Waals surface area contributed by atoms with Gasteiger partial charge in [0, 0.05) is 6.42 Å². The van der Waals surface area contributed by atoms with Crippen molar-refractivity contribution in [3.05, 3.63) is 35.8 Å². The molecule has 1 aromatic rings. The Labute approximate surface area is 61.4 Å². The van der Waals surface area contributed by atoms with Crippen molar-refractivity contribution in [1.82, 2.24) is 0 Å². The molecule has 0 fully saturated rings. The standard InChI is InChI=1S/C9H12O/c1-7(2)6-9-5-4-8(3)10-9/h4-5H,1,6H2,2-3H3. The van der Waals surface area contributed by atoms with Crippen LogP contribution in [0.2, 0.25) is 0 Å². The molecule has 0 aromatic carbocycles. The molecule has 1 aromatic heterocycles. The van der Waals surface area contributed by atoms with Crippen LogP contribution in [-0.4, -0.2) is 0 Å². The molecule has 0 atom stereocenters. The third-order valence-electron chi connectivity index (χ3n) is 1.27. The molecule has 1 rings (SSSR count). The van der Waals surface area contributed by atoms with E-state index in [0.29, 0.717) is 0 Å². The smallest absolute Gasteiger partial charge is 0.108 e. The van der Waals surface area contributed by atoms with Crippen LogP contribution in [0.1, 0.15) is 18.4 Å². The van der Waals surface area contributed by atoms with E-state index in [1.54, 1.807) is 0 Å². The highest BCUT2D eigenvalue weighted by Gasteiger charge is 1.96. The normalized spacial score (nSPS) is 9.80. The molecule has 1 heteroatoms. The average molecular weight is 136 g/mol. The molecule has 54 valence electrons. The first-order valence-electron chi connectivity index (χ1n) is 3.38. The van der Waals surface area contributed by atoms with Gasteiger partial charge in [0.05, 0.1) is 0 Å². The van der Waals surface area contributed by atoms with Crippen molar-refractivity contribution in [3.63, 3.8) is 0 Å². The van der Waals surface area contributed by atoms with Crippen LogP contribution in [0.4, 0.5) is 0 Å². The number of hydrogen-bond donors (Lipinski definition) is 0. The van der Waals surface area contributed by atoms with Crippen molar-refractivity contribution in [2.24, 2.45) is 0 Å². The zero-order valence-electron chi connectivity index (χ0n) is 6.48. The summed E-state index contributed by atoms with van der Waals surface area (Å²) in [7, 11) is 0. The minimum atomic E-state index is 0.855. The van der Waals surface area contributed by atoms with Crippen LogP contribution in [0.25, 0.3) is 0 Å². The van der Waals surface area contributed by atoms with E-state index in [1.807, 2.05) is 26.0 Å². The molecule has 0 radical (unpaired) electrons. The highest BCUT2D eigenvalue weighted by molar-refractivity contribution is 5.11. The Kier molecular flexibility index (Phi) is 1.95. The zero-order valence-corrected chi connectivity index (χ0v) is 6.48. The van der Waals surface area contributed by atoms with Crippen LogP contribution in [0, 0.1) is 6.92 Å². The Morgan fingerprint density at radius 3 is 2.70 bits per heavy atom. The van der Waals surface area contributed by atoms with E-state index in [1.165, 1.54) is 0 Å². The molecular formula is C9H12O. The van der Waals surface area contributed by atoms with Gasteiger partial charge in [-0.15, -0.1) is 0 Å². The second-order valence-electron chi connectivity index (χ2n) is 2.65. The fourth-order valence-electron chi connectivity index (χ4n) is 0.878. The Bertz CT molecular complexity index is 233. The van der Waals surface area contributed by atoms with E-state index in [9.17, 15) is 0 Å². The van der Waals surface area contributed by atoms with Gasteiger partial charge >= 0.3 is 0 Å². The minimum absolute atomic E-state index is 0.855. The van der Waals surface area contributed by atoms with Crippen LogP contribution < -0.4 is 0 Å². The monoisotopic (exact) mass is 136 g/mol. The van der Waals surface area contributed by atoms with Crippen LogP contribution >= 0.6 is 0 Å². The maximum Gasteiger partial charge on any atom is 0.108 e. The van der Waals surface area contributed by atoms with Gasteiger partial charge in [-0.1, -0.05) is 12.2 Å². The molecule has 0 aliphatic carbocycles. The van der Waals surface area contributed by atoms with Gasteiger partial charge in [-0.25, -0.2) is 0 Å². The van der Waals surface area contributed by atoms with Gasteiger partial charge < -0.3 is 4.42 Å². The van der Waals surface area contributed by atoms with Gasteiger partial charge in [0.15, 0.2) is 0 Å². The molecule has 0 saturated carbocycles. The average Bonchev–Trinajstić information content (AvgIpc) is 2.13. The fourth-order valence-corrected chi connectivity index (χ4v) is 0.878. The Balaban J connectivity index is 2.67. The lowest BCUT2D eigenvalue weighted by Crippen LogP contribution is -1.79. The molecular weight excluding hydrogens is 124 g/mol. The first kappa shape index (κ1) is 7.13. The van der Waals surface area contributed by atoms with E-state index in [2.05, 4.69) is 6.58 Å². The van der Waals surface area contributed by atoms with Crippen molar-refractivity contribution in [3.8, 4) is 0 Å². The molecule has 0 N–H and O–H groups in total. The number of allylic oxidation sites excluding steroid dienone is 1. The first-order valence-corrected chi connectivity index (χ1v) is 3.38. The molecule has 0 spiro atoms. The molecule has 0 unspecified atom stereocenters. The second-order valence-corrected chi connectivity index (χ2v) is 2.65. The molecule has 1 nitrogen and oxygen atoms in total. The van der Waals surface area contributed by atoms with Crippen molar-refractivity contribution in [2.45, 2.75) is 20.3 Å². The summed E-state index contributed by atoms with van der Waals surface area (Å²) in [6.07, 6.45) is 0.855. The van der Waals surface area contributed by atoms with Gasteiger partial charge in [-0.05, 0) is 26.0 Å². The second kappa shape index (κ2) is 2.74. The molecule has 1 heterocycles. The molecule has 10 heavy (non-hydrogen) atoms. The number of furan rings is 1. The van der Waals surface area contributed by atoms with E-state index >= 15 is 0 Å². The highest BCUT2D eigenvalue weighted by atomic mass is 16.3. The summed E-state index contributed by atoms with van der Waals surface area (Å²) >= 11 is 0. The quantitative estimate of drug-likeness (QED) is 0.570. The minimum Gasteiger partial charge on any atom is -0.466 e. The maximum absolute atomic E-state index is 5.33. The largest absolute Gasteiger partial charge is 0.466 e. The summed E-state index contributed by atoms with van der Waals surface area (Å²) in [5, 5.41) is 0. The Hall–Kier alpha value is -0.980. The molecule has 0 saturated heterocycles. The maximum atomic E-state index is 5.33. The van der Waals surface area contributed by atoms with E-state index in [-0.39, 0.29) is 0 Å². The van der Waals surface area contributed by atoms with Crippen molar-refractivity contribution < 1.29 is 4.42 Å². The third kappa shape index (κ3) is 1.76. The molecule has 0 aliphatic heterocycles. The lowest BCUT2D eigenvalue weighted by molar-refractivity contribution is 0.492. The lowest BCUT2D eigenvalue weighted by atomic mass is 10.2. The van der Waals surface area contributed by atoms with Gasteiger partial charge in [-0.2, -0.15) is 0 Å². The SMILES string of the molecule is C=C(C)Cc1ccc(C)o1. The summed E-state index contributed by atoms with van der Waals surface area (Å²) in [4.78, 5) is 0. The van der Waals surface area contributed by atoms with Gasteiger partial charge in [-0.3, -0.25) is 0 Å². The Morgan fingerprint density at radius 1 is 1.60 bits per heavy atom. The van der Waals surface area contributed by atoms with Crippen LogP contribution in [0.3, 0.4) is 0 Å². The summed E-state index contributed by atoms with van der Waals surface area (Å²) in [6, 6.07) is 3.96.